The van der Waals surface area contributed by atoms with E-state index in [0.717, 1.165) is 18.7 Å². The third kappa shape index (κ3) is 2.25. The van der Waals surface area contributed by atoms with Crippen LogP contribution < -0.4 is 5.32 Å². The molecule has 0 aliphatic heterocycles. The van der Waals surface area contributed by atoms with E-state index in [4.69, 9.17) is 4.42 Å². The fraction of sp³-hybridized carbons (Fsp3) is 0.462. The minimum atomic E-state index is -0.203. The summed E-state index contributed by atoms with van der Waals surface area (Å²) >= 11 is 0. The van der Waals surface area contributed by atoms with E-state index in [-0.39, 0.29) is 11.9 Å². The summed E-state index contributed by atoms with van der Waals surface area (Å²) in [5, 5.41) is 3.02. The topological polar surface area (TPSA) is 73.0 Å². The average Bonchev–Trinajstić information content (AvgIpc) is 3.00. The third-order valence-corrected chi connectivity index (χ3v) is 3.48. The molecule has 0 radical (unpaired) electrons. The van der Waals surface area contributed by atoms with Crippen LogP contribution >= 0.6 is 0 Å². The lowest BCUT2D eigenvalue weighted by atomic mass is 10.1. The highest BCUT2D eigenvalue weighted by molar-refractivity contribution is 5.93. The van der Waals surface area contributed by atoms with Gasteiger partial charge in [-0.05, 0) is 25.7 Å². The van der Waals surface area contributed by atoms with Gasteiger partial charge in [0.2, 0.25) is 0 Å². The van der Waals surface area contributed by atoms with Gasteiger partial charge in [-0.15, -0.1) is 0 Å². The van der Waals surface area contributed by atoms with Crippen LogP contribution in [-0.2, 0) is 7.05 Å². The summed E-state index contributed by atoms with van der Waals surface area (Å²) in [6, 6.07) is -0.0522. The molecule has 0 aromatic carbocycles. The van der Waals surface area contributed by atoms with Gasteiger partial charge in [0.15, 0.2) is 12.1 Å². The van der Waals surface area contributed by atoms with Crippen molar-refractivity contribution in [3.05, 3.63) is 36.1 Å². The summed E-state index contributed by atoms with van der Waals surface area (Å²) < 4.78 is 7.01. The summed E-state index contributed by atoms with van der Waals surface area (Å²) in [4.78, 5) is 20.5. The number of aromatic nitrogens is 3. The second kappa shape index (κ2) is 4.53. The third-order valence-electron chi connectivity index (χ3n) is 3.48. The van der Waals surface area contributed by atoms with Crippen molar-refractivity contribution in [2.45, 2.75) is 25.8 Å². The van der Waals surface area contributed by atoms with Gasteiger partial charge in [-0.2, -0.15) is 0 Å². The number of nitrogens with zero attached hydrogens (tertiary/aromatic N) is 3. The lowest BCUT2D eigenvalue weighted by Crippen LogP contribution is -2.32. The first kappa shape index (κ1) is 12.0. The Kier molecular flexibility index (Phi) is 2.85. The molecule has 1 aliphatic carbocycles. The Morgan fingerprint density at radius 1 is 1.53 bits per heavy atom. The molecule has 1 fully saturated rings. The SMILES string of the molecule is Cc1ocnc1C(=O)N[C@@H](c1nccn1C)C1CC1. The number of hydrogen-bond acceptors (Lipinski definition) is 4. The largest absolute Gasteiger partial charge is 0.448 e. The number of rotatable bonds is 4. The Bertz CT molecular complexity index is 597. The fourth-order valence-electron chi connectivity index (χ4n) is 2.23. The Labute approximate surface area is 110 Å². The number of carbonyl (C=O) groups excluding carboxylic acids is 1. The lowest BCUT2D eigenvalue weighted by molar-refractivity contribution is 0.0923. The molecule has 0 spiro atoms. The molecule has 19 heavy (non-hydrogen) atoms. The summed E-state index contributed by atoms with van der Waals surface area (Å²) in [6.45, 7) is 1.73. The van der Waals surface area contributed by atoms with E-state index in [1.54, 1.807) is 13.1 Å². The molecule has 1 saturated carbocycles. The smallest absolute Gasteiger partial charge is 0.274 e. The van der Waals surface area contributed by atoms with Crippen molar-refractivity contribution < 1.29 is 9.21 Å². The van der Waals surface area contributed by atoms with Gasteiger partial charge in [-0.3, -0.25) is 4.79 Å². The predicted octanol–water partition coefficient (Wildman–Crippen LogP) is 1.60. The predicted molar refractivity (Wildman–Crippen MR) is 67.4 cm³/mol. The zero-order valence-electron chi connectivity index (χ0n) is 11.0. The van der Waals surface area contributed by atoms with Gasteiger partial charge < -0.3 is 14.3 Å². The number of hydrogen-bond donors (Lipinski definition) is 1. The van der Waals surface area contributed by atoms with Gasteiger partial charge in [-0.25, -0.2) is 9.97 Å². The standard InChI is InChI=1S/C13H16N4O2/c1-8-10(15-7-19-8)13(18)16-11(9-3-4-9)12-14-5-6-17(12)2/h5-7,9,11H,3-4H2,1-2H3,(H,16,18)/t11-/m1/s1. The highest BCUT2D eigenvalue weighted by atomic mass is 16.3. The number of aryl methyl sites for hydroxylation is 2. The first-order valence-electron chi connectivity index (χ1n) is 6.35. The quantitative estimate of drug-likeness (QED) is 0.906. The minimum Gasteiger partial charge on any atom is -0.448 e. The van der Waals surface area contributed by atoms with E-state index in [1.807, 2.05) is 17.8 Å². The van der Waals surface area contributed by atoms with E-state index >= 15 is 0 Å². The number of nitrogens with one attached hydrogen (secondary N) is 1. The molecule has 2 aromatic heterocycles. The Morgan fingerprint density at radius 2 is 2.32 bits per heavy atom. The molecule has 3 rings (SSSR count). The van der Waals surface area contributed by atoms with Gasteiger partial charge in [0, 0.05) is 19.4 Å². The van der Waals surface area contributed by atoms with Crippen LogP contribution in [0.15, 0.2) is 23.2 Å². The summed E-state index contributed by atoms with van der Waals surface area (Å²) in [5.74, 6) is 1.69. The van der Waals surface area contributed by atoms with Crippen molar-refractivity contribution >= 4 is 5.91 Å². The maximum atomic E-state index is 12.2. The van der Waals surface area contributed by atoms with Crippen molar-refractivity contribution in [3.63, 3.8) is 0 Å². The van der Waals surface area contributed by atoms with Crippen molar-refractivity contribution in [1.82, 2.24) is 19.9 Å². The molecule has 1 aliphatic rings. The molecule has 0 unspecified atom stereocenters. The van der Waals surface area contributed by atoms with Crippen LogP contribution in [0.2, 0.25) is 0 Å². The molecule has 6 heteroatoms. The van der Waals surface area contributed by atoms with E-state index in [2.05, 4.69) is 15.3 Å². The van der Waals surface area contributed by atoms with Gasteiger partial charge in [0.25, 0.3) is 5.91 Å². The number of carbonyl (C=O) groups is 1. The second-order valence-corrected chi connectivity index (χ2v) is 4.94. The molecular formula is C13H16N4O2. The second-order valence-electron chi connectivity index (χ2n) is 4.94. The summed E-state index contributed by atoms with van der Waals surface area (Å²) in [6.07, 6.45) is 7.17. The minimum absolute atomic E-state index is 0.0522. The van der Waals surface area contributed by atoms with E-state index in [0.29, 0.717) is 17.4 Å². The fourth-order valence-corrected chi connectivity index (χ4v) is 2.23. The van der Waals surface area contributed by atoms with Crippen LogP contribution in [0.1, 0.15) is 41.0 Å². The number of amides is 1. The molecule has 1 N–H and O–H groups in total. The Hall–Kier alpha value is -2.11. The van der Waals surface area contributed by atoms with Gasteiger partial charge in [0.05, 0.1) is 6.04 Å². The monoisotopic (exact) mass is 260 g/mol. The zero-order chi connectivity index (χ0) is 13.4. The van der Waals surface area contributed by atoms with Crippen LogP contribution in [0.25, 0.3) is 0 Å². The van der Waals surface area contributed by atoms with Gasteiger partial charge in [-0.1, -0.05) is 0 Å². The number of oxazole rings is 1. The molecule has 2 aromatic rings. The normalized spacial score (nSPS) is 16.3. The lowest BCUT2D eigenvalue weighted by Gasteiger charge is -2.17. The maximum Gasteiger partial charge on any atom is 0.274 e. The van der Waals surface area contributed by atoms with Crippen LogP contribution in [0.5, 0.6) is 0 Å². The molecule has 0 bridgehead atoms. The zero-order valence-corrected chi connectivity index (χ0v) is 11.0. The molecule has 6 nitrogen and oxygen atoms in total. The molecule has 100 valence electrons. The van der Waals surface area contributed by atoms with Gasteiger partial charge >= 0.3 is 0 Å². The maximum absolute atomic E-state index is 12.2. The van der Waals surface area contributed by atoms with Crippen molar-refractivity contribution in [2.24, 2.45) is 13.0 Å². The Morgan fingerprint density at radius 3 is 2.84 bits per heavy atom. The van der Waals surface area contributed by atoms with Gasteiger partial charge in [0.1, 0.15) is 11.6 Å². The number of imidazole rings is 1. The summed E-state index contributed by atoms with van der Waals surface area (Å²) in [7, 11) is 1.94. The van der Waals surface area contributed by atoms with Crippen LogP contribution in [-0.4, -0.2) is 20.4 Å². The van der Waals surface area contributed by atoms with E-state index in [1.165, 1.54) is 6.39 Å². The van der Waals surface area contributed by atoms with Crippen LogP contribution in [0.4, 0.5) is 0 Å². The average molecular weight is 260 g/mol. The van der Waals surface area contributed by atoms with Crippen LogP contribution in [0.3, 0.4) is 0 Å². The van der Waals surface area contributed by atoms with E-state index in [9.17, 15) is 4.79 Å². The molecule has 1 amide bonds. The first-order chi connectivity index (χ1) is 9.16. The highest BCUT2D eigenvalue weighted by Crippen LogP contribution is 2.40. The molecule has 2 heterocycles. The Balaban J connectivity index is 1.81. The highest BCUT2D eigenvalue weighted by Gasteiger charge is 2.36. The molecule has 1 atom stereocenters. The van der Waals surface area contributed by atoms with Crippen molar-refractivity contribution in [1.29, 1.82) is 0 Å². The first-order valence-corrected chi connectivity index (χ1v) is 6.35. The molecular weight excluding hydrogens is 244 g/mol. The summed E-state index contributed by atoms with van der Waals surface area (Å²) in [5.41, 5.74) is 0.347. The van der Waals surface area contributed by atoms with Crippen molar-refractivity contribution in [2.75, 3.05) is 0 Å². The molecule has 0 saturated heterocycles. The van der Waals surface area contributed by atoms with Crippen LogP contribution in [0, 0.1) is 12.8 Å². The van der Waals surface area contributed by atoms with E-state index < -0.39 is 0 Å². The van der Waals surface area contributed by atoms with Crippen molar-refractivity contribution in [3.8, 4) is 0 Å².